The lowest BCUT2D eigenvalue weighted by Gasteiger charge is -2.64. The molecule has 3 aliphatic carbocycles. The Morgan fingerprint density at radius 3 is 2.58 bits per heavy atom. The molecule has 3 heteroatoms. The van der Waals surface area contributed by atoms with Crippen LogP contribution in [-0.2, 0) is 4.79 Å². The third-order valence-corrected chi connectivity index (χ3v) is 8.89. The molecule has 4 fully saturated rings. The number of amides is 1. The number of aliphatic hydroxyl groups excluding tert-OH is 1. The first-order chi connectivity index (χ1) is 11.4. The highest BCUT2D eigenvalue weighted by Crippen LogP contribution is 2.63. The third kappa shape index (κ3) is 2.29. The van der Waals surface area contributed by atoms with Crippen molar-refractivity contribution in [2.24, 2.45) is 29.1 Å². The van der Waals surface area contributed by atoms with Gasteiger partial charge in [0.2, 0.25) is 5.91 Å². The minimum Gasteiger partial charge on any atom is -0.393 e. The molecule has 1 N–H and O–H groups in total. The summed E-state index contributed by atoms with van der Waals surface area (Å²) >= 11 is 0. The number of aliphatic hydroxyl groups is 1. The second-order valence-electron chi connectivity index (χ2n) is 9.79. The smallest absolute Gasteiger partial charge is 0.219 e. The molecule has 0 aromatic heterocycles. The van der Waals surface area contributed by atoms with Crippen LogP contribution in [0.3, 0.4) is 0 Å². The summed E-state index contributed by atoms with van der Waals surface area (Å²) in [5.74, 6) is 3.30. The zero-order valence-electron chi connectivity index (χ0n) is 15.8. The molecule has 1 heterocycles. The van der Waals surface area contributed by atoms with E-state index in [9.17, 15) is 9.90 Å². The molecule has 0 aromatic rings. The van der Waals surface area contributed by atoms with Crippen LogP contribution < -0.4 is 0 Å². The number of piperidine rings is 1. The Morgan fingerprint density at radius 2 is 1.83 bits per heavy atom. The number of likely N-dealkylation sites (tertiary alicyclic amines) is 1. The van der Waals surface area contributed by atoms with Crippen molar-refractivity contribution in [3.05, 3.63) is 0 Å². The van der Waals surface area contributed by atoms with E-state index in [-0.39, 0.29) is 17.6 Å². The number of rotatable bonds is 0. The highest BCUT2D eigenvalue weighted by Gasteiger charge is 2.59. The lowest BCUT2D eigenvalue weighted by Crippen LogP contribution is -2.64. The van der Waals surface area contributed by atoms with Gasteiger partial charge in [-0.05, 0) is 93.8 Å². The zero-order chi connectivity index (χ0) is 17.1. The molecule has 4 rings (SSSR count). The van der Waals surface area contributed by atoms with E-state index in [1.165, 1.54) is 44.9 Å². The van der Waals surface area contributed by atoms with Crippen LogP contribution >= 0.6 is 0 Å². The Morgan fingerprint density at radius 1 is 1.04 bits per heavy atom. The van der Waals surface area contributed by atoms with Gasteiger partial charge >= 0.3 is 0 Å². The minimum absolute atomic E-state index is 0.0589. The molecule has 3 saturated carbocycles. The molecule has 1 aliphatic heterocycles. The van der Waals surface area contributed by atoms with Crippen molar-refractivity contribution in [2.45, 2.75) is 90.2 Å². The second-order valence-corrected chi connectivity index (χ2v) is 9.79. The van der Waals surface area contributed by atoms with E-state index in [1.54, 1.807) is 6.92 Å². The zero-order valence-corrected chi connectivity index (χ0v) is 15.8. The molecule has 0 aromatic carbocycles. The topological polar surface area (TPSA) is 40.5 Å². The molecule has 24 heavy (non-hydrogen) atoms. The van der Waals surface area contributed by atoms with Gasteiger partial charge in [-0.15, -0.1) is 0 Å². The molecule has 5 unspecified atom stereocenters. The number of nitrogens with zero attached hydrogens (tertiary/aromatic N) is 1. The summed E-state index contributed by atoms with van der Waals surface area (Å²) in [6, 6.07) is 0. The predicted octanol–water partition coefficient (Wildman–Crippen LogP) is 3.99. The van der Waals surface area contributed by atoms with Crippen LogP contribution in [0.15, 0.2) is 0 Å². The SMILES string of the molecule is CC(=O)N1CCCC2C3CCC4CC(O)CC[C@]4(C)C3CC[C@@]21C. The number of carbonyl (C=O) groups is 1. The van der Waals surface area contributed by atoms with Gasteiger partial charge in [0.1, 0.15) is 0 Å². The first-order valence-corrected chi connectivity index (χ1v) is 10.3. The quantitative estimate of drug-likeness (QED) is 0.728. The summed E-state index contributed by atoms with van der Waals surface area (Å²) in [5, 5.41) is 10.1. The van der Waals surface area contributed by atoms with Gasteiger partial charge in [0.15, 0.2) is 0 Å². The van der Waals surface area contributed by atoms with E-state index in [0.29, 0.717) is 11.3 Å². The Kier molecular flexibility index (Phi) is 4.02. The summed E-state index contributed by atoms with van der Waals surface area (Å²) in [6.07, 6.45) is 10.8. The van der Waals surface area contributed by atoms with Crippen LogP contribution in [0.2, 0.25) is 0 Å². The van der Waals surface area contributed by atoms with Gasteiger partial charge in [0, 0.05) is 19.0 Å². The fraction of sp³-hybridized carbons (Fsp3) is 0.952. The molecular formula is C21H35NO2. The molecule has 136 valence electrons. The Hall–Kier alpha value is -0.570. The predicted molar refractivity (Wildman–Crippen MR) is 95.4 cm³/mol. The van der Waals surface area contributed by atoms with E-state index in [0.717, 1.165) is 37.1 Å². The molecule has 1 amide bonds. The Labute approximate surface area is 147 Å². The number of fused-ring (bicyclic) bond motifs is 5. The number of hydrogen-bond donors (Lipinski definition) is 1. The Balaban J connectivity index is 1.63. The van der Waals surface area contributed by atoms with Crippen molar-refractivity contribution in [1.82, 2.24) is 4.90 Å². The fourth-order valence-electron chi connectivity index (χ4n) is 7.64. The maximum absolute atomic E-state index is 12.2. The second kappa shape index (κ2) is 5.72. The first kappa shape index (κ1) is 16.9. The molecule has 7 atom stereocenters. The average molecular weight is 334 g/mol. The summed E-state index contributed by atoms with van der Waals surface area (Å²) in [6.45, 7) is 7.65. The van der Waals surface area contributed by atoms with Crippen molar-refractivity contribution in [3.63, 3.8) is 0 Å². The Bertz CT molecular complexity index is 520. The van der Waals surface area contributed by atoms with Crippen LogP contribution in [0.25, 0.3) is 0 Å². The number of hydrogen-bond acceptors (Lipinski definition) is 2. The summed E-state index contributed by atoms with van der Waals surface area (Å²) < 4.78 is 0. The van der Waals surface area contributed by atoms with Gasteiger partial charge in [-0.25, -0.2) is 0 Å². The first-order valence-electron chi connectivity index (χ1n) is 10.3. The van der Waals surface area contributed by atoms with Crippen molar-refractivity contribution in [2.75, 3.05) is 6.54 Å². The van der Waals surface area contributed by atoms with E-state index < -0.39 is 0 Å². The van der Waals surface area contributed by atoms with Gasteiger partial charge < -0.3 is 10.0 Å². The average Bonchev–Trinajstić information content (AvgIpc) is 2.54. The van der Waals surface area contributed by atoms with Gasteiger partial charge in [0.25, 0.3) is 0 Å². The van der Waals surface area contributed by atoms with Gasteiger partial charge in [-0.2, -0.15) is 0 Å². The van der Waals surface area contributed by atoms with Gasteiger partial charge in [0.05, 0.1) is 6.10 Å². The largest absolute Gasteiger partial charge is 0.393 e. The highest BCUT2D eigenvalue weighted by molar-refractivity contribution is 5.74. The monoisotopic (exact) mass is 333 g/mol. The maximum Gasteiger partial charge on any atom is 0.219 e. The van der Waals surface area contributed by atoms with Gasteiger partial charge in [-0.1, -0.05) is 6.92 Å². The standard InChI is InChI=1S/C21H35NO2/c1-14(23)22-12-4-5-19-17-7-6-15-13-16(24)8-10-20(15,2)18(17)9-11-21(19,22)3/h15-19,24H,4-13H2,1-3H3/t15?,16?,17?,18?,19?,20-,21-/m0/s1. The lowest BCUT2D eigenvalue weighted by atomic mass is 9.45. The van der Waals surface area contributed by atoms with E-state index in [2.05, 4.69) is 18.7 Å². The third-order valence-electron chi connectivity index (χ3n) is 8.89. The minimum atomic E-state index is -0.0589. The molecular weight excluding hydrogens is 298 g/mol. The van der Waals surface area contributed by atoms with Crippen molar-refractivity contribution < 1.29 is 9.90 Å². The van der Waals surface area contributed by atoms with Crippen LogP contribution in [0.4, 0.5) is 0 Å². The van der Waals surface area contributed by atoms with Crippen LogP contribution in [0.1, 0.15) is 78.6 Å². The molecule has 0 bridgehead atoms. The lowest BCUT2D eigenvalue weighted by molar-refractivity contribution is -0.165. The molecule has 4 aliphatic rings. The normalized spacial score (nSPS) is 51.3. The summed E-state index contributed by atoms with van der Waals surface area (Å²) in [5.41, 5.74) is 0.532. The molecule has 0 spiro atoms. The highest BCUT2D eigenvalue weighted by atomic mass is 16.3. The van der Waals surface area contributed by atoms with Crippen molar-refractivity contribution in [1.29, 1.82) is 0 Å². The van der Waals surface area contributed by atoms with Gasteiger partial charge in [-0.3, -0.25) is 4.79 Å². The van der Waals surface area contributed by atoms with Crippen LogP contribution in [0, 0.1) is 29.1 Å². The molecule has 0 radical (unpaired) electrons. The van der Waals surface area contributed by atoms with Crippen molar-refractivity contribution >= 4 is 5.91 Å². The summed E-state index contributed by atoms with van der Waals surface area (Å²) in [7, 11) is 0. The van der Waals surface area contributed by atoms with Crippen LogP contribution in [0.5, 0.6) is 0 Å². The fourth-order valence-corrected chi connectivity index (χ4v) is 7.64. The maximum atomic E-state index is 12.2. The molecule has 3 nitrogen and oxygen atoms in total. The van der Waals surface area contributed by atoms with E-state index >= 15 is 0 Å². The van der Waals surface area contributed by atoms with Crippen LogP contribution in [-0.4, -0.2) is 34.1 Å². The number of carbonyl (C=O) groups excluding carboxylic acids is 1. The van der Waals surface area contributed by atoms with E-state index in [4.69, 9.17) is 0 Å². The molecule has 1 saturated heterocycles. The van der Waals surface area contributed by atoms with E-state index in [1.807, 2.05) is 0 Å². The summed E-state index contributed by atoms with van der Waals surface area (Å²) in [4.78, 5) is 14.5. The van der Waals surface area contributed by atoms with Crippen molar-refractivity contribution in [3.8, 4) is 0 Å².